The summed E-state index contributed by atoms with van der Waals surface area (Å²) >= 11 is 0. The smallest absolute Gasteiger partial charge is 0.317 e. The van der Waals surface area contributed by atoms with Crippen LogP contribution in [-0.4, -0.2) is 36.9 Å². The summed E-state index contributed by atoms with van der Waals surface area (Å²) in [4.78, 5) is 12.5. The van der Waals surface area contributed by atoms with E-state index >= 15 is 0 Å². The van der Waals surface area contributed by atoms with Crippen molar-refractivity contribution in [1.29, 1.82) is 5.41 Å². The predicted molar refractivity (Wildman–Crippen MR) is 48.2 cm³/mol. The van der Waals surface area contributed by atoms with Gasteiger partial charge in [-0.05, 0) is 6.42 Å². The number of amidine groups is 1. The Morgan fingerprint density at radius 3 is 2.42 bits per heavy atom. The van der Waals surface area contributed by atoms with Crippen LogP contribution >= 0.6 is 0 Å². The zero-order valence-corrected chi connectivity index (χ0v) is 7.72. The first-order valence-electron chi connectivity index (χ1n) is 3.80. The number of rotatable bonds is 3. The Bertz CT molecular complexity index is 178. The molecule has 1 atom stereocenters. The van der Waals surface area contributed by atoms with Crippen LogP contribution in [0, 0.1) is 5.41 Å². The summed E-state index contributed by atoms with van der Waals surface area (Å²) in [6, 6.07) is -0.572. The SMILES string of the molecule is CCC(NC(=O)N(C)C)C(=N)N. The van der Waals surface area contributed by atoms with Gasteiger partial charge < -0.3 is 16.0 Å². The van der Waals surface area contributed by atoms with E-state index in [1.165, 1.54) is 4.90 Å². The zero-order valence-electron chi connectivity index (χ0n) is 7.72. The topological polar surface area (TPSA) is 82.2 Å². The molecule has 0 heterocycles. The molecule has 5 heteroatoms. The van der Waals surface area contributed by atoms with Crippen LogP contribution in [0.5, 0.6) is 0 Å². The number of hydrogen-bond donors (Lipinski definition) is 3. The number of hydrogen-bond acceptors (Lipinski definition) is 2. The van der Waals surface area contributed by atoms with Crippen molar-refractivity contribution in [3.63, 3.8) is 0 Å². The minimum absolute atomic E-state index is 0.00676. The summed E-state index contributed by atoms with van der Waals surface area (Å²) in [6.45, 7) is 1.86. The quantitative estimate of drug-likeness (QED) is 0.413. The molecule has 0 aliphatic rings. The van der Waals surface area contributed by atoms with Crippen molar-refractivity contribution in [2.24, 2.45) is 5.73 Å². The minimum atomic E-state index is -0.347. The summed E-state index contributed by atoms with van der Waals surface area (Å²) in [5.41, 5.74) is 5.25. The fourth-order valence-electron chi connectivity index (χ4n) is 0.678. The first kappa shape index (κ1) is 10.7. The van der Waals surface area contributed by atoms with Gasteiger partial charge in [0.25, 0.3) is 0 Å². The predicted octanol–water partition coefficient (Wildman–Crippen LogP) is -0.0278. The third-order valence-corrected chi connectivity index (χ3v) is 1.49. The summed E-state index contributed by atoms with van der Waals surface area (Å²) in [5.74, 6) is -0.00676. The molecule has 0 aromatic rings. The molecule has 0 saturated heterocycles. The molecular weight excluding hydrogens is 156 g/mol. The van der Waals surface area contributed by atoms with Crippen molar-refractivity contribution in [2.45, 2.75) is 19.4 Å². The molecule has 0 aromatic heterocycles. The van der Waals surface area contributed by atoms with E-state index in [0.29, 0.717) is 6.42 Å². The molecule has 0 bridgehead atoms. The standard InChI is InChI=1S/C7H16N4O/c1-4-5(6(8)9)10-7(12)11(2)3/h5H,4H2,1-3H3,(H3,8,9)(H,10,12). The van der Waals surface area contributed by atoms with Gasteiger partial charge in [0.15, 0.2) is 0 Å². The Balaban J connectivity index is 4.03. The van der Waals surface area contributed by atoms with E-state index < -0.39 is 0 Å². The van der Waals surface area contributed by atoms with Crippen LogP contribution in [0.3, 0.4) is 0 Å². The molecule has 0 rings (SSSR count). The largest absolute Gasteiger partial charge is 0.386 e. The van der Waals surface area contributed by atoms with Crippen molar-refractivity contribution >= 4 is 11.9 Å². The number of nitrogens with two attached hydrogens (primary N) is 1. The lowest BCUT2D eigenvalue weighted by Crippen LogP contribution is -2.47. The molecule has 0 spiro atoms. The number of amides is 2. The molecule has 1 unspecified atom stereocenters. The molecule has 70 valence electrons. The molecule has 5 nitrogen and oxygen atoms in total. The molecule has 0 saturated carbocycles. The van der Waals surface area contributed by atoms with Crippen LogP contribution in [0.2, 0.25) is 0 Å². The van der Waals surface area contributed by atoms with Crippen LogP contribution in [0.4, 0.5) is 4.79 Å². The number of carbonyl (C=O) groups excluding carboxylic acids is 1. The van der Waals surface area contributed by atoms with Gasteiger partial charge in [-0.1, -0.05) is 6.92 Å². The van der Waals surface area contributed by atoms with Gasteiger partial charge in [-0.25, -0.2) is 4.79 Å². The molecule has 4 N–H and O–H groups in total. The lowest BCUT2D eigenvalue weighted by Gasteiger charge is -2.18. The highest BCUT2D eigenvalue weighted by atomic mass is 16.2. The first-order valence-corrected chi connectivity index (χ1v) is 3.80. The maximum Gasteiger partial charge on any atom is 0.317 e. The molecule has 0 aliphatic heterocycles. The summed E-state index contributed by atoms with van der Waals surface area (Å²) < 4.78 is 0. The van der Waals surface area contributed by atoms with Crippen LogP contribution in [0.25, 0.3) is 0 Å². The molecule has 12 heavy (non-hydrogen) atoms. The Morgan fingerprint density at radius 1 is 1.67 bits per heavy atom. The van der Waals surface area contributed by atoms with Crippen molar-refractivity contribution in [3.8, 4) is 0 Å². The summed E-state index contributed by atoms with van der Waals surface area (Å²) in [5, 5.41) is 9.73. The van der Waals surface area contributed by atoms with Crippen molar-refractivity contribution < 1.29 is 4.79 Å². The van der Waals surface area contributed by atoms with Crippen molar-refractivity contribution in [3.05, 3.63) is 0 Å². The molecule has 2 amide bonds. The minimum Gasteiger partial charge on any atom is -0.386 e. The normalized spacial score (nSPS) is 11.9. The van der Waals surface area contributed by atoms with E-state index in [2.05, 4.69) is 5.32 Å². The highest BCUT2D eigenvalue weighted by Gasteiger charge is 2.13. The van der Waals surface area contributed by atoms with Gasteiger partial charge in [-0.15, -0.1) is 0 Å². The van der Waals surface area contributed by atoms with Gasteiger partial charge in [0.1, 0.15) is 5.84 Å². The highest BCUT2D eigenvalue weighted by Crippen LogP contribution is 1.90. The van der Waals surface area contributed by atoms with E-state index in [9.17, 15) is 4.79 Å². The monoisotopic (exact) mass is 172 g/mol. The molecule has 0 fully saturated rings. The van der Waals surface area contributed by atoms with Crippen molar-refractivity contribution in [1.82, 2.24) is 10.2 Å². The summed E-state index contributed by atoms with van der Waals surface area (Å²) in [7, 11) is 3.28. The van der Waals surface area contributed by atoms with Gasteiger partial charge in [-0.3, -0.25) is 5.41 Å². The number of nitrogens with zero attached hydrogens (tertiary/aromatic N) is 1. The van der Waals surface area contributed by atoms with E-state index in [4.69, 9.17) is 11.1 Å². The number of nitrogens with one attached hydrogen (secondary N) is 2. The second-order valence-electron chi connectivity index (χ2n) is 2.76. The Kier molecular flexibility index (Phi) is 4.10. The molecule has 0 radical (unpaired) electrons. The fraction of sp³-hybridized carbons (Fsp3) is 0.714. The van der Waals surface area contributed by atoms with Gasteiger partial charge in [0.05, 0.1) is 6.04 Å². The second-order valence-corrected chi connectivity index (χ2v) is 2.76. The first-order chi connectivity index (χ1) is 5.49. The third kappa shape index (κ3) is 3.23. The Morgan fingerprint density at radius 2 is 2.17 bits per heavy atom. The number of urea groups is 1. The Hall–Kier alpha value is -1.26. The third-order valence-electron chi connectivity index (χ3n) is 1.49. The van der Waals surface area contributed by atoms with E-state index in [-0.39, 0.29) is 17.9 Å². The van der Waals surface area contributed by atoms with Gasteiger partial charge in [-0.2, -0.15) is 0 Å². The molecule has 0 aromatic carbocycles. The van der Waals surface area contributed by atoms with Gasteiger partial charge in [0, 0.05) is 14.1 Å². The molecule has 0 aliphatic carbocycles. The van der Waals surface area contributed by atoms with Crippen LogP contribution < -0.4 is 11.1 Å². The van der Waals surface area contributed by atoms with Gasteiger partial charge in [0.2, 0.25) is 0 Å². The van der Waals surface area contributed by atoms with Crippen LogP contribution in [-0.2, 0) is 0 Å². The maximum absolute atomic E-state index is 11.1. The van der Waals surface area contributed by atoms with E-state index in [0.717, 1.165) is 0 Å². The van der Waals surface area contributed by atoms with Crippen LogP contribution in [0.15, 0.2) is 0 Å². The zero-order chi connectivity index (χ0) is 9.72. The van der Waals surface area contributed by atoms with E-state index in [1.54, 1.807) is 14.1 Å². The van der Waals surface area contributed by atoms with Gasteiger partial charge >= 0.3 is 6.03 Å². The average Bonchev–Trinajstić information content (AvgIpc) is 1.98. The average molecular weight is 172 g/mol. The molecular formula is C7H16N4O. The van der Waals surface area contributed by atoms with Crippen LogP contribution in [0.1, 0.15) is 13.3 Å². The lowest BCUT2D eigenvalue weighted by molar-refractivity contribution is 0.215. The number of carbonyl (C=O) groups is 1. The van der Waals surface area contributed by atoms with E-state index in [1.807, 2.05) is 6.92 Å². The lowest BCUT2D eigenvalue weighted by atomic mass is 10.2. The maximum atomic E-state index is 11.1. The fourth-order valence-corrected chi connectivity index (χ4v) is 0.678. The van der Waals surface area contributed by atoms with Crippen molar-refractivity contribution in [2.75, 3.05) is 14.1 Å². The highest BCUT2D eigenvalue weighted by molar-refractivity contribution is 5.87. The second kappa shape index (κ2) is 4.58. The Labute approximate surface area is 72.4 Å². The summed E-state index contributed by atoms with van der Waals surface area (Å²) in [6.07, 6.45) is 0.634.